The predicted molar refractivity (Wildman–Crippen MR) is 77.7 cm³/mol. The Kier molecular flexibility index (Phi) is 5.57. The first-order valence-electron chi connectivity index (χ1n) is 8.30. The number of hydrogen-bond acceptors (Lipinski definition) is 2. The molecule has 2 fully saturated rings. The summed E-state index contributed by atoms with van der Waals surface area (Å²) in [5.74, 6) is -2.42. The predicted octanol–water partition coefficient (Wildman–Crippen LogP) is 3.65. The highest BCUT2D eigenvalue weighted by atomic mass is 19.4. The molecule has 0 heterocycles. The van der Waals surface area contributed by atoms with Crippen LogP contribution in [0.3, 0.4) is 0 Å². The van der Waals surface area contributed by atoms with Gasteiger partial charge in [-0.25, -0.2) is 0 Å². The second-order valence-electron chi connectivity index (χ2n) is 7.07. The maximum atomic E-state index is 12.6. The highest BCUT2D eigenvalue weighted by Gasteiger charge is 2.42. The summed E-state index contributed by atoms with van der Waals surface area (Å²) >= 11 is 0. The van der Waals surface area contributed by atoms with Gasteiger partial charge < -0.3 is 10.4 Å². The number of halogens is 3. The van der Waals surface area contributed by atoms with E-state index >= 15 is 0 Å². The van der Waals surface area contributed by atoms with Gasteiger partial charge in [-0.3, -0.25) is 9.59 Å². The molecule has 0 aromatic heterocycles. The van der Waals surface area contributed by atoms with Gasteiger partial charge in [0.2, 0.25) is 5.91 Å². The van der Waals surface area contributed by atoms with Crippen LogP contribution in [0.1, 0.15) is 64.2 Å². The van der Waals surface area contributed by atoms with E-state index in [0.29, 0.717) is 25.7 Å². The van der Waals surface area contributed by atoms with E-state index in [4.69, 9.17) is 5.11 Å². The maximum Gasteiger partial charge on any atom is 0.391 e. The zero-order valence-corrected chi connectivity index (χ0v) is 13.1. The standard InChI is InChI=1S/C16H24F3NO3/c17-16(18,19)12-5-3-11(4-6-12)9-13(21)20-15(10-14(22)23)7-1-2-8-15/h11-12H,1-10H2,(H,20,21)(H,22,23). The van der Waals surface area contributed by atoms with Crippen LogP contribution in [0.4, 0.5) is 13.2 Å². The molecule has 0 unspecified atom stereocenters. The van der Waals surface area contributed by atoms with E-state index in [1.807, 2.05) is 0 Å². The minimum atomic E-state index is -4.14. The maximum absolute atomic E-state index is 12.6. The van der Waals surface area contributed by atoms with Crippen LogP contribution < -0.4 is 5.32 Å². The Morgan fingerprint density at radius 1 is 1.09 bits per heavy atom. The number of carboxylic acids is 1. The molecule has 7 heteroatoms. The molecule has 0 radical (unpaired) electrons. The summed E-state index contributed by atoms with van der Waals surface area (Å²) in [7, 11) is 0. The van der Waals surface area contributed by atoms with Crippen LogP contribution >= 0.6 is 0 Å². The fraction of sp³-hybridized carbons (Fsp3) is 0.875. The first kappa shape index (κ1) is 18.1. The first-order valence-corrected chi connectivity index (χ1v) is 8.30. The van der Waals surface area contributed by atoms with Gasteiger partial charge in [-0.1, -0.05) is 12.8 Å². The number of carbonyl (C=O) groups excluding carboxylic acids is 1. The van der Waals surface area contributed by atoms with E-state index in [9.17, 15) is 22.8 Å². The molecule has 2 aliphatic rings. The molecule has 4 nitrogen and oxygen atoms in total. The lowest BCUT2D eigenvalue weighted by molar-refractivity contribution is -0.184. The Labute approximate surface area is 133 Å². The van der Waals surface area contributed by atoms with Crippen molar-refractivity contribution >= 4 is 11.9 Å². The third kappa shape index (κ3) is 5.11. The third-order valence-electron chi connectivity index (χ3n) is 5.24. The van der Waals surface area contributed by atoms with Crippen LogP contribution in [0.5, 0.6) is 0 Å². The second-order valence-corrected chi connectivity index (χ2v) is 7.07. The van der Waals surface area contributed by atoms with Gasteiger partial charge >= 0.3 is 12.1 Å². The van der Waals surface area contributed by atoms with Crippen LogP contribution in [-0.4, -0.2) is 28.7 Å². The summed E-state index contributed by atoms with van der Waals surface area (Å²) in [6.45, 7) is 0. The molecule has 0 saturated heterocycles. The molecular weight excluding hydrogens is 311 g/mol. The van der Waals surface area contributed by atoms with Crippen molar-refractivity contribution in [3.8, 4) is 0 Å². The van der Waals surface area contributed by atoms with Crippen molar-refractivity contribution in [3.63, 3.8) is 0 Å². The van der Waals surface area contributed by atoms with Gasteiger partial charge in [-0.05, 0) is 44.4 Å². The van der Waals surface area contributed by atoms with Crippen LogP contribution in [-0.2, 0) is 9.59 Å². The molecular formula is C16H24F3NO3. The monoisotopic (exact) mass is 335 g/mol. The molecule has 0 aromatic rings. The number of amides is 1. The van der Waals surface area contributed by atoms with Gasteiger partial charge in [-0.2, -0.15) is 13.2 Å². The van der Waals surface area contributed by atoms with Crippen molar-refractivity contribution in [2.45, 2.75) is 75.9 Å². The molecule has 2 aliphatic carbocycles. The average molecular weight is 335 g/mol. The van der Waals surface area contributed by atoms with E-state index in [1.165, 1.54) is 0 Å². The second kappa shape index (κ2) is 7.09. The van der Waals surface area contributed by atoms with E-state index in [-0.39, 0.29) is 37.5 Å². The molecule has 0 aliphatic heterocycles. The average Bonchev–Trinajstić information content (AvgIpc) is 2.85. The number of aliphatic carboxylic acids is 1. The molecule has 0 bridgehead atoms. The number of rotatable bonds is 5. The van der Waals surface area contributed by atoms with Crippen molar-refractivity contribution in [1.29, 1.82) is 0 Å². The molecule has 23 heavy (non-hydrogen) atoms. The molecule has 0 aromatic carbocycles. The molecule has 0 atom stereocenters. The van der Waals surface area contributed by atoms with Crippen molar-refractivity contribution in [2.75, 3.05) is 0 Å². The van der Waals surface area contributed by atoms with Gasteiger partial charge in [0.25, 0.3) is 0 Å². The normalized spacial score (nSPS) is 27.6. The van der Waals surface area contributed by atoms with Gasteiger partial charge in [0, 0.05) is 6.42 Å². The number of nitrogens with one attached hydrogen (secondary N) is 1. The molecule has 2 saturated carbocycles. The van der Waals surface area contributed by atoms with E-state index in [0.717, 1.165) is 12.8 Å². The number of carboxylic acid groups (broad SMARTS) is 1. The lowest BCUT2D eigenvalue weighted by Crippen LogP contribution is -2.48. The van der Waals surface area contributed by atoms with Gasteiger partial charge in [0.05, 0.1) is 17.9 Å². The molecule has 1 amide bonds. The molecule has 132 valence electrons. The highest BCUT2D eigenvalue weighted by Crippen LogP contribution is 2.40. The minimum absolute atomic E-state index is 0.0307. The number of carbonyl (C=O) groups is 2. The van der Waals surface area contributed by atoms with Gasteiger partial charge in [0.1, 0.15) is 0 Å². The van der Waals surface area contributed by atoms with E-state index < -0.39 is 23.6 Å². The Bertz CT molecular complexity index is 436. The van der Waals surface area contributed by atoms with Gasteiger partial charge in [0.15, 0.2) is 0 Å². The zero-order valence-electron chi connectivity index (χ0n) is 13.1. The summed E-state index contributed by atoms with van der Waals surface area (Å²) in [6, 6.07) is 0. The molecule has 2 rings (SSSR count). The van der Waals surface area contributed by atoms with Crippen molar-refractivity contribution in [1.82, 2.24) is 5.32 Å². The fourth-order valence-electron chi connectivity index (χ4n) is 3.99. The third-order valence-corrected chi connectivity index (χ3v) is 5.24. The summed E-state index contributed by atoms with van der Waals surface area (Å²) in [6.07, 6.45) is 0.0663. The lowest BCUT2D eigenvalue weighted by Gasteiger charge is -2.32. The van der Waals surface area contributed by atoms with Crippen LogP contribution in [0.2, 0.25) is 0 Å². The minimum Gasteiger partial charge on any atom is -0.481 e. The Morgan fingerprint density at radius 2 is 1.65 bits per heavy atom. The SMILES string of the molecule is O=C(O)CC1(NC(=O)CC2CCC(C(F)(F)F)CC2)CCCC1. The van der Waals surface area contributed by atoms with E-state index in [1.54, 1.807) is 0 Å². The van der Waals surface area contributed by atoms with Crippen molar-refractivity contribution in [2.24, 2.45) is 11.8 Å². The Hall–Kier alpha value is -1.27. The first-order chi connectivity index (χ1) is 10.7. The van der Waals surface area contributed by atoms with Gasteiger partial charge in [-0.15, -0.1) is 0 Å². The van der Waals surface area contributed by atoms with Crippen LogP contribution in [0.25, 0.3) is 0 Å². The van der Waals surface area contributed by atoms with Crippen molar-refractivity contribution in [3.05, 3.63) is 0 Å². The fourth-order valence-corrected chi connectivity index (χ4v) is 3.99. The van der Waals surface area contributed by atoms with Crippen LogP contribution in [0, 0.1) is 11.8 Å². The number of hydrogen-bond donors (Lipinski definition) is 2. The Morgan fingerprint density at radius 3 is 2.13 bits per heavy atom. The summed E-state index contributed by atoms with van der Waals surface area (Å²) in [5, 5.41) is 11.9. The highest BCUT2D eigenvalue weighted by molar-refractivity contribution is 5.78. The van der Waals surface area contributed by atoms with Crippen molar-refractivity contribution < 1.29 is 27.9 Å². The molecule has 2 N–H and O–H groups in total. The summed E-state index contributed by atoms with van der Waals surface area (Å²) in [5.41, 5.74) is -0.661. The largest absolute Gasteiger partial charge is 0.481 e. The smallest absolute Gasteiger partial charge is 0.391 e. The summed E-state index contributed by atoms with van der Waals surface area (Å²) in [4.78, 5) is 23.2. The zero-order chi connectivity index (χ0) is 17.1. The van der Waals surface area contributed by atoms with E-state index in [2.05, 4.69) is 5.32 Å². The Balaban J connectivity index is 1.82. The topological polar surface area (TPSA) is 66.4 Å². The lowest BCUT2D eigenvalue weighted by atomic mass is 9.80. The van der Waals surface area contributed by atoms with Crippen LogP contribution in [0.15, 0.2) is 0 Å². The quantitative estimate of drug-likeness (QED) is 0.806. The molecule has 0 spiro atoms. The summed E-state index contributed by atoms with van der Waals surface area (Å²) < 4.78 is 37.9. The number of alkyl halides is 3.